The van der Waals surface area contributed by atoms with E-state index < -0.39 is 20.7 Å². The highest BCUT2D eigenvalue weighted by atomic mass is 35.6. The molecule has 1 aliphatic carbocycles. The summed E-state index contributed by atoms with van der Waals surface area (Å²) >= 11 is 16.7. The van der Waals surface area contributed by atoms with Crippen molar-refractivity contribution in [3.63, 3.8) is 0 Å². The van der Waals surface area contributed by atoms with Crippen LogP contribution in [0.3, 0.4) is 0 Å². The van der Waals surface area contributed by atoms with Crippen LogP contribution in [-0.4, -0.2) is 43.9 Å². The highest BCUT2D eigenvalue weighted by Crippen LogP contribution is 2.47. The molecule has 1 spiro atoms. The van der Waals surface area contributed by atoms with Gasteiger partial charge in [0.05, 0.1) is 0 Å². The van der Waals surface area contributed by atoms with Crippen LogP contribution in [0.4, 0.5) is 0 Å². The second-order valence-corrected chi connectivity index (χ2v) is 11.1. The monoisotopic (exact) mass is 440 g/mol. The molecule has 146 valence electrons. The number of nitrogens with one attached hydrogen (secondary N) is 1. The molecule has 1 fully saturated rings. The lowest BCUT2D eigenvalue weighted by Gasteiger charge is -2.46. The zero-order valence-corrected chi connectivity index (χ0v) is 17.6. The zero-order valence-electron chi connectivity index (χ0n) is 14.6. The van der Waals surface area contributed by atoms with Gasteiger partial charge in [-0.2, -0.15) is 13.1 Å². The lowest BCUT2D eigenvalue weighted by molar-refractivity contribution is 0.163. The largest absolute Gasteiger partial charge is 0.336 e. The van der Waals surface area contributed by atoms with E-state index in [4.69, 9.17) is 39.0 Å². The van der Waals surface area contributed by atoms with E-state index in [0.717, 1.165) is 44.3 Å². The van der Waals surface area contributed by atoms with Gasteiger partial charge in [0.15, 0.2) is 0 Å². The molecule has 3 rings (SSSR count). The van der Waals surface area contributed by atoms with Crippen LogP contribution >= 0.6 is 34.8 Å². The number of rotatable bonds is 4. The number of benzene rings is 1. The minimum atomic E-state index is -4.02. The number of halogens is 3. The molecule has 1 aliphatic heterocycles. The van der Waals surface area contributed by atoms with Crippen LogP contribution in [0.15, 0.2) is 24.3 Å². The van der Waals surface area contributed by atoms with E-state index in [9.17, 15) is 8.42 Å². The molecular weight excluding hydrogens is 419 g/mol. The standard InChI is InChI=1S/C17H23Cl3N2O3S/c1-22-10-8-16(9-11-22)7-6-15(13-4-2-3-5-14(13)16)21-26(23,24)25-12-17(18,19)20/h2-5,15,21H,6-12H2,1H3. The van der Waals surface area contributed by atoms with Gasteiger partial charge in [-0.05, 0) is 62.4 Å². The van der Waals surface area contributed by atoms with Crippen LogP contribution in [-0.2, 0) is 19.9 Å². The Hall–Kier alpha value is -0.0800. The summed E-state index contributed by atoms with van der Waals surface area (Å²) in [7, 11) is -1.88. The third-order valence-corrected chi connectivity index (χ3v) is 6.76. The third kappa shape index (κ3) is 4.85. The number of alkyl halides is 3. The van der Waals surface area contributed by atoms with Crippen molar-refractivity contribution in [2.24, 2.45) is 0 Å². The number of likely N-dealkylation sites (tertiary alicyclic amines) is 1. The normalized spacial score (nSPS) is 23.8. The van der Waals surface area contributed by atoms with Crippen molar-refractivity contribution in [3.8, 4) is 0 Å². The smallest absolute Gasteiger partial charge is 0.306 e. The molecule has 0 aromatic heterocycles. The van der Waals surface area contributed by atoms with Crippen LogP contribution in [0.25, 0.3) is 0 Å². The van der Waals surface area contributed by atoms with Crippen molar-refractivity contribution in [1.29, 1.82) is 0 Å². The van der Waals surface area contributed by atoms with Gasteiger partial charge in [-0.15, -0.1) is 0 Å². The summed E-state index contributed by atoms with van der Waals surface area (Å²) in [6.07, 6.45) is 3.83. The van der Waals surface area contributed by atoms with E-state index in [1.54, 1.807) is 0 Å². The molecule has 1 N–H and O–H groups in total. The van der Waals surface area contributed by atoms with Crippen molar-refractivity contribution >= 4 is 45.1 Å². The number of fused-ring (bicyclic) bond motifs is 2. The van der Waals surface area contributed by atoms with E-state index in [1.807, 2.05) is 18.2 Å². The maximum atomic E-state index is 12.3. The lowest BCUT2D eigenvalue weighted by Crippen LogP contribution is -2.45. The molecule has 0 bridgehead atoms. The summed E-state index contributed by atoms with van der Waals surface area (Å²) in [6, 6.07) is 7.75. The van der Waals surface area contributed by atoms with E-state index in [1.165, 1.54) is 5.56 Å². The summed E-state index contributed by atoms with van der Waals surface area (Å²) in [5, 5.41) is 0. The summed E-state index contributed by atoms with van der Waals surface area (Å²) in [6.45, 7) is 1.58. The van der Waals surface area contributed by atoms with Gasteiger partial charge in [-0.1, -0.05) is 59.1 Å². The Morgan fingerprint density at radius 1 is 1.23 bits per heavy atom. The molecule has 1 unspecified atom stereocenters. The van der Waals surface area contributed by atoms with Gasteiger partial charge in [-0.3, -0.25) is 4.18 Å². The summed E-state index contributed by atoms with van der Waals surface area (Å²) in [5.74, 6) is 0. The first-order valence-corrected chi connectivity index (χ1v) is 11.2. The number of nitrogens with zero attached hydrogens (tertiary/aromatic N) is 1. The molecule has 26 heavy (non-hydrogen) atoms. The first-order chi connectivity index (χ1) is 12.1. The Morgan fingerprint density at radius 2 is 1.88 bits per heavy atom. The average molecular weight is 442 g/mol. The van der Waals surface area contributed by atoms with Crippen LogP contribution in [0.2, 0.25) is 0 Å². The fourth-order valence-electron chi connectivity index (χ4n) is 4.04. The van der Waals surface area contributed by atoms with Crippen molar-refractivity contribution in [2.45, 2.75) is 40.9 Å². The molecular formula is C17H23Cl3N2O3S. The van der Waals surface area contributed by atoms with E-state index in [-0.39, 0.29) is 11.5 Å². The van der Waals surface area contributed by atoms with Crippen LogP contribution < -0.4 is 4.72 Å². The lowest BCUT2D eigenvalue weighted by atomic mass is 9.64. The predicted molar refractivity (Wildman–Crippen MR) is 105 cm³/mol. The maximum absolute atomic E-state index is 12.3. The average Bonchev–Trinajstić information content (AvgIpc) is 2.58. The second-order valence-electron chi connectivity index (χ2n) is 7.21. The van der Waals surface area contributed by atoms with E-state index >= 15 is 0 Å². The van der Waals surface area contributed by atoms with Gasteiger partial charge in [-0.25, -0.2) is 0 Å². The van der Waals surface area contributed by atoms with Gasteiger partial charge >= 0.3 is 10.3 Å². The Balaban J connectivity index is 1.80. The zero-order chi connectivity index (χ0) is 19.0. The molecule has 9 heteroatoms. The minimum absolute atomic E-state index is 0.128. The molecule has 0 radical (unpaired) electrons. The van der Waals surface area contributed by atoms with Crippen molar-refractivity contribution in [1.82, 2.24) is 9.62 Å². The SMILES string of the molecule is CN1CCC2(CCC(NS(=O)(=O)OCC(Cl)(Cl)Cl)c3ccccc32)CC1. The minimum Gasteiger partial charge on any atom is -0.306 e. The fraction of sp³-hybridized carbons (Fsp3) is 0.647. The molecule has 1 aromatic rings. The molecule has 5 nitrogen and oxygen atoms in total. The Kier molecular flexibility index (Phi) is 6.15. The second kappa shape index (κ2) is 7.74. The maximum Gasteiger partial charge on any atom is 0.336 e. The first-order valence-electron chi connectivity index (χ1n) is 8.62. The van der Waals surface area contributed by atoms with Gasteiger partial charge in [0.1, 0.15) is 6.61 Å². The van der Waals surface area contributed by atoms with Crippen molar-refractivity contribution in [3.05, 3.63) is 35.4 Å². The Bertz CT molecular complexity index is 744. The van der Waals surface area contributed by atoms with Crippen LogP contribution in [0.1, 0.15) is 42.9 Å². The number of hydrogen-bond acceptors (Lipinski definition) is 4. The van der Waals surface area contributed by atoms with Gasteiger partial charge < -0.3 is 4.90 Å². The number of piperidine rings is 1. The van der Waals surface area contributed by atoms with Crippen molar-refractivity contribution < 1.29 is 12.6 Å². The highest BCUT2D eigenvalue weighted by molar-refractivity contribution is 7.84. The topological polar surface area (TPSA) is 58.6 Å². The molecule has 1 atom stereocenters. The van der Waals surface area contributed by atoms with E-state index in [0.29, 0.717) is 0 Å². The molecule has 0 saturated carbocycles. The molecule has 0 amide bonds. The fourth-order valence-corrected chi connectivity index (χ4v) is 5.39. The molecule has 2 aliphatic rings. The van der Waals surface area contributed by atoms with Gasteiger partial charge in [0.25, 0.3) is 0 Å². The number of hydrogen-bond donors (Lipinski definition) is 1. The first kappa shape index (κ1) is 20.6. The predicted octanol–water partition coefficient (Wildman–Crippen LogP) is 3.71. The highest BCUT2D eigenvalue weighted by Gasteiger charge is 2.42. The van der Waals surface area contributed by atoms with Crippen LogP contribution in [0.5, 0.6) is 0 Å². The van der Waals surface area contributed by atoms with Gasteiger partial charge in [0.2, 0.25) is 3.79 Å². The van der Waals surface area contributed by atoms with Gasteiger partial charge in [0, 0.05) is 6.04 Å². The third-order valence-electron chi connectivity index (χ3n) is 5.43. The molecule has 1 heterocycles. The Morgan fingerprint density at radius 3 is 2.54 bits per heavy atom. The summed E-state index contributed by atoms with van der Waals surface area (Å²) in [4.78, 5) is 2.34. The molecule has 1 saturated heterocycles. The quantitative estimate of drug-likeness (QED) is 0.724. The molecule has 1 aromatic carbocycles. The Labute approximate surface area is 170 Å². The van der Waals surface area contributed by atoms with Crippen LogP contribution in [0, 0.1) is 0 Å². The summed E-state index contributed by atoms with van der Waals surface area (Å²) < 4.78 is 30.2. The van der Waals surface area contributed by atoms with Crippen molar-refractivity contribution in [2.75, 3.05) is 26.7 Å². The summed E-state index contributed by atoms with van der Waals surface area (Å²) in [5.41, 5.74) is 2.39. The van der Waals surface area contributed by atoms with E-state index in [2.05, 4.69) is 22.7 Å².